The van der Waals surface area contributed by atoms with E-state index in [0.29, 0.717) is 17.1 Å². The van der Waals surface area contributed by atoms with Crippen molar-refractivity contribution in [2.45, 2.75) is 38.5 Å². The van der Waals surface area contributed by atoms with E-state index in [1.165, 1.54) is 0 Å². The summed E-state index contributed by atoms with van der Waals surface area (Å²) in [6, 6.07) is 14.6. The zero-order valence-electron chi connectivity index (χ0n) is 15.3. The highest BCUT2D eigenvalue weighted by Crippen LogP contribution is 2.45. The molecule has 27 heavy (non-hydrogen) atoms. The van der Waals surface area contributed by atoms with E-state index in [1.807, 2.05) is 25.1 Å². The van der Waals surface area contributed by atoms with Gasteiger partial charge in [-0.15, -0.1) is 0 Å². The predicted octanol–water partition coefficient (Wildman–Crippen LogP) is 4.56. The Kier molecular flexibility index (Phi) is 4.53. The monoisotopic (exact) mass is 359 g/mol. The van der Waals surface area contributed by atoms with Gasteiger partial charge in [0, 0.05) is 11.8 Å². The number of carbonyl (C=O) groups is 2. The van der Waals surface area contributed by atoms with Gasteiger partial charge in [-0.25, -0.2) is 0 Å². The van der Waals surface area contributed by atoms with Crippen molar-refractivity contribution in [3.8, 4) is 17.6 Å². The van der Waals surface area contributed by atoms with Crippen molar-refractivity contribution in [2.24, 2.45) is 11.8 Å². The lowest BCUT2D eigenvalue weighted by atomic mass is 9.74. The lowest BCUT2D eigenvalue weighted by molar-refractivity contribution is -0.135. The van der Waals surface area contributed by atoms with Gasteiger partial charge < -0.3 is 4.74 Å². The van der Waals surface area contributed by atoms with Crippen LogP contribution >= 0.6 is 0 Å². The smallest absolute Gasteiger partial charge is 0.150 e. The number of ether oxygens (including phenoxy) is 1. The van der Waals surface area contributed by atoms with E-state index in [0.717, 1.165) is 36.8 Å². The normalized spacial score (nSPS) is 23.9. The van der Waals surface area contributed by atoms with Crippen LogP contribution in [0.4, 0.5) is 0 Å². The Hall–Kier alpha value is -2.93. The summed E-state index contributed by atoms with van der Waals surface area (Å²) in [6.45, 7) is 2.03. The van der Waals surface area contributed by atoms with Crippen LogP contribution in [0.25, 0.3) is 0 Å². The van der Waals surface area contributed by atoms with Gasteiger partial charge in [0.15, 0.2) is 11.6 Å². The molecule has 0 saturated heterocycles. The number of fused-ring (bicyclic) bond motifs is 2. The second kappa shape index (κ2) is 7.00. The number of nitriles is 1. The molecule has 0 heterocycles. The van der Waals surface area contributed by atoms with E-state index < -0.39 is 5.92 Å². The van der Waals surface area contributed by atoms with Crippen LogP contribution < -0.4 is 4.74 Å². The Bertz CT molecular complexity index is 917. The van der Waals surface area contributed by atoms with Crippen molar-refractivity contribution < 1.29 is 14.3 Å². The second-order valence-electron chi connectivity index (χ2n) is 7.40. The van der Waals surface area contributed by atoms with Gasteiger partial charge in [-0.1, -0.05) is 13.0 Å². The van der Waals surface area contributed by atoms with Crippen molar-refractivity contribution in [2.75, 3.05) is 0 Å². The average Bonchev–Trinajstić information content (AvgIpc) is 3.15. The highest BCUT2D eigenvalue weighted by molar-refractivity contribution is 6.12. The van der Waals surface area contributed by atoms with E-state index in [2.05, 4.69) is 6.07 Å². The molecule has 0 aliphatic heterocycles. The van der Waals surface area contributed by atoms with Gasteiger partial charge in [-0.05, 0) is 73.2 Å². The van der Waals surface area contributed by atoms with Crippen molar-refractivity contribution in [3.63, 3.8) is 0 Å². The fourth-order valence-corrected chi connectivity index (χ4v) is 4.38. The third kappa shape index (κ3) is 3.14. The number of aryl methyl sites for hydroxylation is 1. The molecule has 2 saturated carbocycles. The first kappa shape index (κ1) is 17.5. The topological polar surface area (TPSA) is 67.2 Å². The molecule has 0 radical (unpaired) electrons. The summed E-state index contributed by atoms with van der Waals surface area (Å²) >= 11 is 0. The Morgan fingerprint density at radius 3 is 2.22 bits per heavy atom. The molecule has 2 aromatic rings. The molecule has 0 spiro atoms. The second-order valence-corrected chi connectivity index (χ2v) is 7.40. The van der Waals surface area contributed by atoms with Gasteiger partial charge in [0.25, 0.3) is 0 Å². The highest BCUT2D eigenvalue weighted by atomic mass is 16.5. The molecule has 2 aliphatic rings. The molecule has 0 aromatic heterocycles. The molecule has 0 N–H and O–H groups in total. The maximum absolute atomic E-state index is 12.9. The SMILES string of the molecule is CCc1ccc(Oc2ccc(C#N)cc2)cc1C1C(=O)[C@@H]2CC[C@@H](C2)C1=O. The lowest BCUT2D eigenvalue weighted by Gasteiger charge is -2.27. The molecule has 1 unspecified atom stereocenters. The lowest BCUT2D eigenvalue weighted by Crippen LogP contribution is -2.35. The van der Waals surface area contributed by atoms with Crippen LogP contribution in [0.3, 0.4) is 0 Å². The van der Waals surface area contributed by atoms with Gasteiger partial charge in [-0.2, -0.15) is 5.26 Å². The van der Waals surface area contributed by atoms with Gasteiger partial charge in [0.1, 0.15) is 17.4 Å². The largest absolute Gasteiger partial charge is 0.457 e. The molecular weight excluding hydrogens is 338 g/mol. The number of rotatable bonds is 4. The fraction of sp³-hybridized carbons (Fsp3) is 0.348. The minimum Gasteiger partial charge on any atom is -0.457 e. The Balaban J connectivity index is 1.67. The first-order valence-corrected chi connectivity index (χ1v) is 9.49. The third-order valence-corrected chi connectivity index (χ3v) is 5.83. The fourth-order valence-electron chi connectivity index (χ4n) is 4.38. The predicted molar refractivity (Wildman–Crippen MR) is 101 cm³/mol. The standard InChI is InChI=1S/C23H21NO3/c1-2-15-7-10-19(27-18-8-3-14(13-24)4-9-18)12-20(15)21-22(25)16-5-6-17(11-16)23(21)26/h3-4,7-10,12,16-17,21H,2,5-6,11H2,1H3/t16-,17+,21?. The van der Waals surface area contributed by atoms with Gasteiger partial charge in [-0.3, -0.25) is 9.59 Å². The minimum atomic E-state index is -0.643. The highest BCUT2D eigenvalue weighted by Gasteiger charge is 2.47. The number of ketones is 2. The molecule has 4 heteroatoms. The van der Waals surface area contributed by atoms with E-state index in [4.69, 9.17) is 10.00 Å². The number of benzene rings is 2. The molecule has 2 aliphatic carbocycles. The summed E-state index contributed by atoms with van der Waals surface area (Å²) in [6.07, 6.45) is 3.18. The summed E-state index contributed by atoms with van der Waals surface area (Å²) in [5.74, 6) is 0.806. The number of nitrogens with zero attached hydrogens (tertiary/aromatic N) is 1. The molecule has 4 nitrogen and oxygen atoms in total. The molecule has 0 amide bonds. The van der Waals surface area contributed by atoms with Crippen LogP contribution in [0.1, 0.15) is 48.8 Å². The van der Waals surface area contributed by atoms with Gasteiger partial charge >= 0.3 is 0 Å². The van der Waals surface area contributed by atoms with Crippen molar-refractivity contribution in [1.82, 2.24) is 0 Å². The van der Waals surface area contributed by atoms with Crippen LogP contribution in [0.5, 0.6) is 11.5 Å². The van der Waals surface area contributed by atoms with E-state index in [9.17, 15) is 9.59 Å². The quantitative estimate of drug-likeness (QED) is 0.750. The van der Waals surface area contributed by atoms with E-state index >= 15 is 0 Å². The van der Waals surface area contributed by atoms with Crippen molar-refractivity contribution >= 4 is 11.6 Å². The Labute approximate surface area is 158 Å². The number of hydrogen-bond donors (Lipinski definition) is 0. The van der Waals surface area contributed by atoms with Gasteiger partial charge in [0.2, 0.25) is 0 Å². The van der Waals surface area contributed by atoms with Gasteiger partial charge in [0.05, 0.1) is 11.6 Å². The third-order valence-electron chi connectivity index (χ3n) is 5.83. The molecule has 2 fully saturated rings. The summed E-state index contributed by atoms with van der Waals surface area (Å²) in [4.78, 5) is 25.8. The van der Waals surface area contributed by atoms with E-state index in [1.54, 1.807) is 24.3 Å². The van der Waals surface area contributed by atoms with Crippen molar-refractivity contribution in [3.05, 3.63) is 59.2 Å². The van der Waals surface area contributed by atoms with E-state index in [-0.39, 0.29) is 23.4 Å². The van der Waals surface area contributed by atoms with Crippen LogP contribution in [-0.4, -0.2) is 11.6 Å². The first-order valence-electron chi connectivity index (χ1n) is 9.49. The molecular formula is C23H21NO3. The number of hydrogen-bond acceptors (Lipinski definition) is 4. The minimum absolute atomic E-state index is 0.0329. The Morgan fingerprint density at radius 2 is 1.63 bits per heavy atom. The van der Waals surface area contributed by atoms with Crippen LogP contribution in [0, 0.1) is 23.2 Å². The van der Waals surface area contributed by atoms with Crippen LogP contribution in [-0.2, 0) is 16.0 Å². The maximum atomic E-state index is 12.9. The first-order chi connectivity index (χ1) is 13.1. The number of Topliss-reactive ketones (excluding diaryl/α,β-unsaturated/α-hetero) is 2. The number of carbonyl (C=O) groups excluding carboxylic acids is 2. The summed E-state index contributed by atoms with van der Waals surface area (Å²) in [5.41, 5.74) is 2.39. The molecule has 2 bridgehead atoms. The van der Waals surface area contributed by atoms with Crippen LogP contribution in [0.15, 0.2) is 42.5 Å². The van der Waals surface area contributed by atoms with Crippen LogP contribution in [0.2, 0.25) is 0 Å². The maximum Gasteiger partial charge on any atom is 0.150 e. The molecule has 3 atom stereocenters. The zero-order chi connectivity index (χ0) is 19.0. The summed E-state index contributed by atoms with van der Waals surface area (Å²) in [7, 11) is 0. The molecule has 2 aromatic carbocycles. The zero-order valence-corrected chi connectivity index (χ0v) is 15.3. The Morgan fingerprint density at radius 1 is 1.00 bits per heavy atom. The van der Waals surface area contributed by atoms with Crippen molar-refractivity contribution in [1.29, 1.82) is 5.26 Å². The molecule has 136 valence electrons. The average molecular weight is 359 g/mol. The summed E-state index contributed by atoms with van der Waals surface area (Å²) < 4.78 is 5.92. The summed E-state index contributed by atoms with van der Waals surface area (Å²) in [5, 5.41) is 8.90. The molecule has 4 rings (SSSR count).